The molecule has 0 spiro atoms. The number of piperidine rings is 1. The number of carbonyl (C=O) groups excluding carboxylic acids is 1. The first-order valence-electron chi connectivity index (χ1n) is 9.21. The fraction of sp³-hybridized carbons (Fsp3) is 0.941. The third-order valence-corrected chi connectivity index (χ3v) is 6.15. The number of hydrogen-bond acceptors (Lipinski definition) is 5. The summed E-state index contributed by atoms with van der Waals surface area (Å²) in [5, 5.41) is 3.55. The third-order valence-electron chi connectivity index (χ3n) is 4.85. The van der Waals surface area contributed by atoms with Gasteiger partial charge in [-0.3, -0.25) is 0 Å². The van der Waals surface area contributed by atoms with E-state index in [2.05, 4.69) is 5.32 Å². The van der Waals surface area contributed by atoms with E-state index in [-0.39, 0.29) is 6.09 Å². The molecule has 8 heteroatoms. The van der Waals surface area contributed by atoms with Gasteiger partial charge in [-0.2, -0.15) is 0 Å². The Bertz CT molecular complexity index is 551. The van der Waals surface area contributed by atoms with E-state index in [4.69, 9.17) is 4.74 Å². The Morgan fingerprint density at radius 2 is 1.80 bits per heavy atom. The molecular weight excluding hydrogens is 342 g/mol. The number of ether oxygens (including phenoxy) is 1. The zero-order valence-corrected chi connectivity index (χ0v) is 16.8. The summed E-state index contributed by atoms with van der Waals surface area (Å²) in [5.74, 6) is 0.510. The molecule has 0 saturated carbocycles. The molecule has 0 aromatic rings. The predicted molar refractivity (Wildman–Crippen MR) is 98.0 cm³/mol. The van der Waals surface area contributed by atoms with Gasteiger partial charge in [-0.1, -0.05) is 0 Å². The first kappa shape index (κ1) is 20.5. The molecule has 7 nitrogen and oxygen atoms in total. The average molecular weight is 376 g/mol. The van der Waals surface area contributed by atoms with Gasteiger partial charge in [0.05, 0.1) is 6.26 Å². The van der Waals surface area contributed by atoms with E-state index in [1.165, 1.54) is 6.26 Å². The van der Waals surface area contributed by atoms with Gasteiger partial charge in [0.2, 0.25) is 10.0 Å². The zero-order valence-electron chi connectivity index (χ0n) is 16.0. The Morgan fingerprint density at radius 1 is 1.16 bits per heavy atom. The molecule has 2 rings (SSSR count). The van der Waals surface area contributed by atoms with E-state index in [0.29, 0.717) is 25.0 Å². The molecule has 0 bridgehead atoms. The molecule has 146 valence electrons. The van der Waals surface area contributed by atoms with Crippen LogP contribution in [0.4, 0.5) is 4.79 Å². The highest BCUT2D eigenvalue weighted by Gasteiger charge is 2.30. The Kier molecular flexibility index (Phi) is 6.73. The van der Waals surface area contributed by atoms with Gasteiger partial charge in [0.15, 0.2) is 0 Å². The summed E-state index contributed by atoms with van der Waals surface area (Å²) in [6.45, 7) is 9.32. The van der Waals surface area contributed by atoms with E-state index in [0.717, 1.165) is 45.3 Å². The summed E-state index contributed by atoms with van der Waals surface area (Å²) < 4.78 is 30.0. The molecule has 1 atom stereocenters. The molecule has 1 unspecified atom stereocenters. The minimum absolute atomic E-state index is 0.212. The maximum Gasteiger partial charge on any atom is 0.410 e. The number of nitrogens with one attached hydrogen (secondary N) is 1. The van der Waals surface area contributed by atoms with Gasteiger partial charge in [-0.05, 0) is 58.9 Å². The van der Waals surface area contributed by atoms with Crippen LogP contribution < -0.4 is 5.32 Å². The minimum atomic E-state index is -3.05. The Labute approximate surface area is 152 Å². The average Bonchev–Trinajstić information content (AvgIpc) is 2.94. The van der Waals surface area contributed by atoms with E-state index >= 15 is 0 Å². The Morgan fingerprint density at radius 3 is 2.36 bits per heavy atom. The zero-order chi connectivity index (χ0) is 18.7. The number of rotatable bonds is 5. The first-order valence-corrected chi connectivity index (χ1v) is 11.1. The maximum absolute atomic E-state index is 12.1. The lowest BCUT2D eigenvalue weighted by molar-refractivity contribution is 0.0287. The lowest BCUT2D eigenvalue weighted by Gasteiger charge is -2.31. The Hall–Kier alpha value is -0.860. The van der Waals surface area contributed by atoms with Crippen LogP contribution in [0.5, 0.6) is 0 Å². The molecular formula is C17H33N3O4S. The first-order chi connectivity index (χ1) is 11.5. The van der Waals surface area contributed by atoms with Crippen molar-refractivity contribution in [2.45, 2.75) is 58.1 Å². The van der Waals surface area contributed by atoms with Crippen molar-refractivity contribution in [1.82, 2.24) is 14.5 Å². The van der Waals surface area contributed by atoms with Crippen LogP contribution in [0.1, 0.15) is 46.5 Å². The van der Waals surface area contributed by atoms with Crippen LogP contribution in [0.3, 0.4) is 0 Å². The minimum Gasteiger partial charge on any atom is -0.444 e. The van der Waals surface area contributed by atoms with Crippen molar-refractivity contribution in [3.05, 3.63) is 0 Å². The molecule has 2 fully saturated rings. The number of sulfonamides is 1. The molecule has 2 aliphatic rings. The van der Waals surface area contributed by atoms with E-state index in [1.54, 1.807) is 9.21 Å². The maximum atomic E-state index is 12.1. The third kappa shape index (κ3) is 6.75. The number of nitrogens with zero attached hydrogens (tertiary/aromatic N) is 2. The van der Waals surface area contributed by atoms with Crippen molar-refractivity contribution >= 4 is 16.1 Å². The largest absolute Gasteiger partial charge is 0.444 e. The van der Waals surface area contributed by atoms with Crippen LogP contribution in [0, 0.1) is 5.92 Å². The standard InChI is InChI=1S/C17H33N3O4S/c1-17(2,3)24-16(21)19-10-6-14(13-19)5-9-18-15-7-11-20(12-8-15)25(4,22)23/h14-15,18H,5-13H2,1-4H3. The highest BCUT2D eigenvalue weighted by Crippen LogP contribution is 2.22. The summed E-state index contributed by atoms with van der Waals surface area (Å²) in [7, 11) is -3.05. The van der Waals surface area contributed by atoms with Crippen LogP contribution in [-0.4, -0.2) is 74.3 Å². The fourth-order valence-corrected chi connectivity index (χ4v) is 4.32. The second-order valence-electron chi connectivity index (χ2n) is 8.26. The molecule has 0 aliphatic carbocycles. The number of likely N-dealkylation sites (tertiary alicyclic amines) is 1. The monoisotopic (exact) mass is 375 g/mol. The molecule has 25 heavy (non-hydrogen) atoms. The highest BCUT2D eigenvalue weighted by molar-refractivity contribution is 7.88. The smallest absolute Gasteiger partial charge is 0.410 e. The normalized spacial score (nSPS) is 23.8. The van der Waals surface area contributed by atoms with Crippen molar-refractivity contribution in [2.75, 3.05) is 39.0 Å². The van der Waals surface area contributed by atoms with Crippen LogP contribution in [0.15, 0.2) is 0 Å². The molecule has 1 amide bonds. The summed E-state index contributed by atoms with van der Waals surface area (Å²) in [6, 6.07) is 0.390. The van der Waals surface area contributed by atoms with Crippen molar-refractivity contribution in [3.63, 3.8) is 0 Å². The predicted octanol–water partition coefficient (Wildman–Crippen LogP) is 1.65. The quantitative estimate of drug-likeness (QED) is 0.790. The second kappa shape index (κ2) is 8.22. The SMILES string of the molecule is CC(C)(C)OC(=O)N1CCC(CCNC2CCN(S(C)(=O)=O)CC2)C1. The van der Waals surface area contributed by atoms with Gasteiger partial charge >= 0.3 is 6.09 Å². The lowest BCUT2D eigenvalue weighted by Crippen LogP contribution is -2.44. The molecule has 0 aromatic carbocycles. The van der Waals surface area contributed by atoms with Gasteiger partial charge in [0.1, 0.15) is 5.60 Å². The van der Waals surface area contributed by atoms with Crippen molar-refractivity contribution < 1.29 is 17.9 Å². The van der Waals surface area contributed by atoms with E-state index in [1.807, 2.05) is 20.8 Å². The van der Waals surface area contributed by atoms with Crippen LogP contribution in [0.2, 0.25) is 0 Å². The van der Waals surface area contributed by atoms with Crippen molar-refractivity contribution in [1.29, 1.82) is 0 Å². The second-order valence-corrected chi connectivity index (χ2v) is 10.2. The van der Waals surface area contributed by atoms with Gasteiger partial charge in [0, 0.05) is 32.2 Å². The van der Waals surface area contributed by atoms with E-state index in [9.17, 15) is 13.2 Å². The van der Waals surface area contributed by atoms with Gasteiger partial charge in [-0.25, -0.2) is 17.5 Å². The number of hydrogen-bond donors (Lipinski definition) is 1. The molecule has 0 radical (unpaired) electrons. The van der Waals surface area contributed by atoms with Crippen LogP contribution in [0.25, 0.3) is 0 Å². The van der Waals surface area contributed by atoms with Gasteiger partial charge in [-0.15, -0.1) is 0 Å². The van der Waals surface area contributed by atoms with Crippen molar-refractivity contribution in [2.24, 2.45) is 5.92 Å². The number of carbonyl (C=O) groups is 1. The summed E-state index contributed by atoms with van der Waals surface area (Å²) >= 11 is 0. The molecule has 1 N–H and O–H groups in total. The Balaban J connectivity index is 1.63. The molecule has 2 heterocycles. The summed E-state index contributed by atoms with van der Waals surface area (Å²) in [6.07, 6.45) is 4.84. The molecule has 2 aliphatic heterocycles. The van der Waals surface area contributed by atoms with Gasteiger partial charge in [0.25, 0.3) is 0 Å². The molecule has 2 saturated heterocycles. The lowest BCUT2D eigenvalue weighted by atomic mass is 10.0. The van der Waals surface area contributed by atoms with Crippen LogP contribution in [-0.2, 0) is 14.8 Å². The highest BCUT2D eigenvalue weighted by atomic mass is 32.2. The molecule has 0 aromatic heterocycles. The van der Waals surface area contributed by atoms with Crippen molar-refractivity contribution in [3.8, 4) is 0 Å². The topological polar surface area (TPSA) is 79.0 Å². The summed E-state index contributed by atoms with van der Waals surface area (Å²) in [5.41, 5.74) is -0.447. The van der Waals surface area contributed by atoms with Crippen LogP contribution >= 0.6 is 0 Å². The number of amides is 1. The van der Waals surface area contributed by atoms with E-state index < -0.39 is 15.6 Å². The van der Waals surface area contributed by atoms with Gasteiger partial charge < -0.3 is 15.0 Å². The summed E-state index contributed by atoms with van der Waals surface area (Å²) in [4.78, 5) is 13.9. The fourth-order valence-electron chi connectivity index (χ4n) is 3.44.